The van der Waals surface area contributed by atoms with Gasteiger partial charge in [0.2, 0.25) is 0 Å². The maximum absolute atomic E-state index is 6.06. The predicted molar refractivity (Wildman–Crippen MR) is 74.3 cm³/mol. The average Bonchev–Trinajstić information content (AvgIpc) is 2.33. The lowest BCUT2D eigenvalue weighted by atomic mass is 9.99. The smallest absolute Gasteiger partial charge is 0.0451 e. The summed E-state index contributed by atoms with van der Waals surface area (Å²) in [5.74, 6) is 0. The molecule has 0 bridgehead atoms. The van der Waals surface area contributed by atoms with Crippen molar-refractivity contribution in [3.63, 3.8) is 0 Å². The standard InChI is InChI=1S/C15H16ClN/c1-10-3-4-12(7-11(10)2)13-5-6-15(16)14(8-13)9-17/h3-8H,9,17H2,1-2H3. The fraction of sp³-hybridized carbons (Fsp3) is 0.200. The molecule has 0 radical (unpaired) electrons. The highest BCUT2D eigenvalue weighted by molar-refractivity contribution is 6.31. The minimum atomic E-state index is 0.470. The first-order valence-electron chi connectivity index (χ1n) is 5.68. The molecule has 0 aliphatic carbocycles. The summed E-state index contributed by atoms with van der Waals surface area (Å²) < 4.78 is 0. The van der Waals surface area contributed by atoms with Gasteiger partial charge in [-0.05, 0) is 53.8 Å². The number of aryl methyl sites for hydroxylation is 2. The summed E-state index contributed by atoms with van der Waals surface area (Å²) >= 11 is 6.06. The second-order valence-corrected chi connectivity index (χ2v) is 4.72. The number of halogens is 1. The van der Waals surface area contributed by atoms with Crippen molar-refractivity contribution >= 4 is 11.6 Å². The molecule has 0 atom stereocenters. The second kappa shape index (κ2) is 4.91. The van der Waals surface area contributed by atoms with Gasteiger partial charge in [-0.3, -0.25) is 0 Å². The highest BCUT2D eigenvalue weighted by atomic mass is 35.5. The zero-order valence-electron chi connectivity index (χ0n) is 10.1. The van der Waals surface area contributed by atoms with Crippen LogP contribution in [0, 0.1) is 13.8 Å². The number of rotatable bonds is 2. The van der Waals surface area contributed by atoms with E-state index in [-0.39, 0.29) is 0 Å². The minimum absolute atomic E-state index is 0.470. The molecular formula is C15H16ClN. The third kappa shape index (κ3) is 2.51. The Hall–Kier alpha value is -1.31. The fourth-order valence-corrected chi connectivity index (χ4v) is 2.03. The van der Waals surface area contributed by atoms with E-state index < -0.39 is 0 Å². The molecule has 0 saturated heterocycles. The third-order valence-electron chi connectivity index (χ3n) is 3.11. The van der Waals surface area contributed by atoms with E-state index in [2.05, 4.69) is 38.1 Å². The van der Waals surface area contributed by atoms with Gasteiger partial charge in [-0.1, -0.05) is 35.9 Å². The molecule has 0 saturated carbocycles. The highest BCUT2D eigenvalue weighted by Gasteiger charge is 2.03. The van der Waals surface area contributed by atoms with Crippen LogP contribution in [0.15, 0.2) is 36.4 Å². The number of benzene rings is 2. The van der Waals surface area contributed by atoms with Crippen molar-refractivity contribution in [3.05, 3.63) is 58.1 Å². The maximum atomic E-state index is 6.06. The van der Waals surface area contributed by atoms with Gasteiger partial charge in [0.1, 0.15) is 0 Å². The van der Waals surface area contributed by atoms with Crippen molar-refractivity contribution in [1.82, 2.24) is 0 Å². The van der Waals surface area contributed by atoms with Crippen molar-refractivity contribution in [2.75, 3.05) is 0 Å². The van der Waals surface area contributed by atoms with E-state index in [1.54, 1.807) is 0 Å². The van der Waals surface area contributed by atoms with Crippen LogP contribution in [0.5, 0.6) is 0 Å². The lowest BCUT2D eigenvalue weighted by Gasteiger charge is -2.08. The second-order valence-electron chi connectivity index (χ2n) is 4.31. The topological polar surface area (TPSA) is 26.0 Å². The zero-order chi connectivity index (χ0) is 12.4. The lowest BCUT2D eigenvalue weighted by Crippen LogP contribution is -1.97. The van der Waals surface area contributed by atoms with Crippen molar-refractivity contribution in [2.45, 2.75) is 20.4 Å². The SMILES string of the molecule is Cc1ccc(-c2ccc(Cl)c(CN)c2)cc1C. The van der Waals surface area contributed by atoms with Gasteiger partial charge >= 0.3 is 0 Å². The van der Waals surface area contributed by atoms with E-state index in [4.69, 9.17) is 17.3 Å². The van der Waals surface area contributed by atoms with Crippen molar-refractivity contribution < 1.29 is 0 Å². The Morgan fingerprint density at radius 2 is 1.59 bits per heavy atom. The molecule has 2 heteroatoms. The van der Waals surface area contributed by atoms with Crippen molar-refractivity contribution in [2.24, 2.45) is 5.73 Å². The Labute approximate surface area is 107 Å². The molecule has 0 fully saturated rings. The largest absolute Gasteiger partial charge is 0.326 e. The molecule has 0 aromatic heterocycles. The van der Waals surface area contributed by atoms with E-state index in [1.807, 2.05) is 12.1 Å². The van der Waals surface area contributed by atoms with Crippen LogP contribution in [0.3, 0.4) is 0 Å². The monoisotopic (exact) mass is 245 g/mol. The number of hydrogen-bond acceptors (Lipinski definition) is 1. The van der Waals surface area contributed by atoms with Crippen LogP contribution in [-0.4, -0.2) is 0 Å². The zero-order valence-corrected chi connectivity index (χ0v) is 10.9. The van der Waals surface area contributed by atoms with Gasteiger partial charge in [-0.25, -0.2) is 0 Å². The van der Waals surface area contributed by atoms with Gasteiger partial charge in [0.15, 0.2) is 0 Å². The average molecular weight is 246 g/mol. The van der Waals surface area contributed by atoms with E-state index in [0.29, 0.717) is 6.54 Å². The predicted octanol–water partition coefficient (Wildman–Crippen LogP) is 4.08. The van der Waals surface area contributed by atoms with Gasteiger partial charge in [-0.15, -0.1) is 0 Å². The molecule has 0 unspecified atom stereocenters. The Morgan fingerprint density at radius 1 is 0.941 bits per heavy atom. The van der Waals surface area contributed by atoms with Gasteiger partial charge in [0.25, 0.3) is 0 Å². The summed E-state index contributed by atoms with van der Waals surface area (Å²) in [4.78, 5) is 0. The van der Waals surface area contributed by atoms with Crippen LogP contribution in [0.4, 0.5) is 0 Å². The van der Waals surface area contributed by atoms with Crippen LogP contribution >= 0.6 is 11.6 Å². The van der Waals surface area contributed by atoms with Crippen LogP contribution in [0.2, 0.25) is 5.02 Å². The maximum Gasteiger partial charge on any atom is 0.0451 e. The van der Waals surface area contributed by atoms with Gasteiger partial charge in [0.05, 0.1) is 0 Å². The van der Waals surface area contributed by atoms with Crippen LogP contribution < -0.4 is 5.73 Å². The lowest BCUT2D eigenvalue weighted by molar-refractivity contribution is 1.07. The summed E-state index contributed by atoms with van der Waals surface area (Å²) in [5, 5.41) is 0.736. The molecule has 0 heterocycles. The molecule has 1 nitrogen and oxygen atoms in total. The summed E-state index contributed by atoms with van der Waals surface area (Å²) in [7, 11) is 0. The molecule has 17 heavy (non-hydrogen) atoms. The number of nitrogens with two attached hydrogens (primary N) is 1. The highest BCUT2D eigenvalue weighted by Crippen LogP contribution is 2.26. The Kier molecular flexibility index (Phi) is 3.51. The minimum Gasteiger partial charge on any atom is -0.326 e. The Bertz CT molecular complexity index is 547. The molecule has 2 rings (SSSR count). The normalized spacial score (nSPS) is 10.6. The molecular weight excluding hydrogens is 230 g/mol. The van der Waals surface area contributed by atoms with Crippen molar-refractivity contribution in [3.8, 4) is 11.1 Å². The summed E-state index contributed by atoms with van der Waals surface area (Å²) in [5.41, 5.74) is 11.6. The molecule has 2 N–H and O–H groups in total. The summed E-state index contributed by atoms with van der Waals surface area (Å²) in [6.45, 7) is 4.71. The molecule has 0 spiro atoms. The molecule has 88 valence electrons. The molecule has 0 amide bonds. The summed E-state index contributed by atoms with van der Waals surface area (Å²) in [6, 6.07) is 12.5. The summed E-state index contributed by atoms with van der Waals surface area (Å²) in [6.07, 6.45) is 0. The van der Waals surface area contributed by atoms with Gasteiger partial charge in [-0.2, -0.15) is 0 Å². The Balaban J connectivity index is 2.49. The van der Waals surface area contributed by atoms with Gasteiger partial charge < -0.3 is 5.73 Å². The first-order chi connectivity index (χ1) is 8.11. The van der Waals surface area contributed by atoms with Crippen LogP contribution in [-0.2, 0) is 6.54 Å². The van der Waals surface area contributed by atoms with E-state index in [0.717, 1.165) is 16.1 Å². The van der Waals surface area contributed by atoms with Crippen LogP contribution in [0.1, 0.15) is 16.7 Å². The molecule has 0 aliphatic rings. The third-order valence-corrected chi connectivity index (χ3v) is 3.47. The van der Waals surface area contributed by atoms with Gasteiger partial charge in [0, 0.05) is 11.6 Å². The molecule has 0 aliphatic heterocycles. The quantitative estimate of drug-likeness (QED) is 0.848. The van der Waals surface area contributed by atoms with E-state index in [1.165, 1.54) is 16.7 Å². The Morgan fingerprint density at radius 3 is 2.24 bits per heavy atom. The molecule has 2 aromatic carbocycles. The van der Waals surface area contributed by atoms with E-state index >= 15 is 0 Å². The first kappa shape index (κ1) is 12.2. The molecule has 2 aromatic rings. The van der Waals surface area contributed by atoms with Crippen LogP contribution in [0.25, 0.3) is 11.1 Å². The van der Waals surface area contributed by atoms with E-state index in [9.17, 15) is 0 Å². The first-order valence-corrected chi connectivity index (χ1v) is 6.05. The fourth-order valence-electron chi connectivity index (χ4n) is 1.83. The van der Waals surface area contributed by atoms with Crippen molar-refractivity contribution in [1.29, 1.82) is 0 Å². The number of hydrogen-bond donors (Lipinski definition) is 1.